The molecule has 0 saturated carbocycles. The van der Waals surface area contributed by atoms with E-state index in [0.29, 0.717) is 11.3 Å². The van der Waals surface area contributed by atoms with Gasteiger partial charge in [-0.1, -0.05) is 48.0 Å². The van der Waals surface area contributed by atoms with Gasteiger partial charge in [0, 0.05) is 5.57 Å². The Kier molecular flexibility index (Phi) is 3.40. The maximum Gasteiger partial charge on any atom is 0.261 e. The van der Waals surface area contributed by atoms with Crippen LogP contribution in [0.4, 0.5) is 5.69 Å². The molecule has 0 unspecified atom stereocenters. The smallest absolute Gasteiger partial charge is 0.261 e. The van der Waals surface area contributed by atoms with Crippen LogP contribution in [0.25, 0.3) is 6.08 Å². The number of imide groups is 1. The molecular formula is C18H15NO2. The van der Waals surface area contributed by atoms with Gasteiger partial charge in [0.1, 0.15) is 0 Å². The maximum atomic E-state index is 12.4. The highest BCUT2D eigenvalue weighted by Crippen LogP contribution is 2.27. The van der Waals surface area contributed by atoms with E-state index < -0.39 is 0 Å². The van der Waals surface area contributed by atoms with E-state index in [1.54, 1.807) is 18.2 Å². The van der Waals surface area contributed by atoms with Crippen LogP contribution in [-0.2, 0) is 9.59 Å². The van der Waals surface area contributed by atoms with Crippen LogP contribution in [0, 0.1) is 6.92 Å². The highest BCUT2D eigenvalue weighted by Gasteiger charge is 2.34. The topological polar surface area (TPSA) is 37.4 Å². The summed E-state index contributed by atoms with van der Waals surface area (Å²) in [6.45, 7) is 1.97. The lowest BCUT2D eigenvalue weighted by molar-refractivity contribution is -0.120. The number of anilines is 1. The van der Waals surface area contributed by atoms with Crippen molar-refractivity contribution in [3.05, 3.63) is 71.3 Å². The molecule has 1 aliphatic heterocycles. The third kappa shape index (κ3) is 2.63. The molecule has 3 heteroatoms. The summed E-state index contributed by atoms with van der Waals surface area (Å²) in [7, 11) is 0. The summed E-state index contributed by atoms with van der Waals surface area (Å²) in [5.41, 5.74) is 3.19. The Morgan fingerprint density at radius 1 is 0.952 bits per heavy atom. The van der Waals surface area contributed by atoms with E-state index in [2.05, 4.69) is 0 Å². The molecule has 0 radical (unpaired) electrons. The number of aryl methyl sites for hydroxylation is 1. The average Bonchev–Trinajstić information content (AvgIpc) is 2.76. The monoisotopic (exact) mass is 277 g/mol. The Hall–Kier alpha value is -2.68. The van der Waals surface area contributed by atoms with Gasteiger partial charge < -0.3 is 0 Å². The molecule has 1 aliphatic rings. The third-order valence-corrected chi connectivity index (χ3v) is 3.50. The predicted molar refractivity (Wildman–Crippen MR) is 82.7 cm³/mol. The highest BCUT2D eigenvalue weighted by atomic mass is 16.2. The summed E-state index contributed by atoms with van der Waals surface area (Å²) >= 11 is 0. The van der Waals surface area contributed by atoms with Crippen LogP contribution in [0.3, 0.4) is 0 Å². The molecule has 0 aromatic heterocycles. The third-order valence-electron chi connectivity index (χ3n) is 3.50. The number of carbonyl (C=O) groups excluding carboxylic acids is 2. The summed E-state index contributed by atoms with van der Waals surface area (Å²) in [5.74, 6) is -0.404. The van der Waals surface area contributed by atoms with E-state index in [0.717, 1.165) is 11.1 Å². The zero-order valence-electron chi connectivity index (χ0n) is 11.7. The maximum absolute atomic E-state index is 12.4. The zero-order valence-corrected chi connectivity index (χ0v) is 11.7. The summed E-state index contributed by atoms with van der Waals surface area (Å²) in [4.78, 5) is 25.8. The zero-order chi connectivity index (χ0) is 14.8. The Morgan fingerprint density at radius 3 is 2.29 bits per heavy atom. The summed E-state index contributed by atoms with van der Waals surface area (Å²) in [6.07, 6.45) is 1.94. The van der Waals surface area contributed by atoms with E-state index in [1.807, 2.05) is 49.4 Å². The highest BCUT2D eigenvalue weighted by molar-refractivity contribution is 6.29. The molecular weight excluding hydrogens is 262 g/mol. The summed E-state index contributed by atoms with van der Waals surface area (Å²) in [5, 5.41) is 0. The fourth-order valence-electron chi connectivity index (χ4n) is 2.39. The Labute approximate surface area is 123 Å². The van der Waals surface area contributed by atoms with Crippen molar-refractivity contribution >= 4 is 23.6 Å². The first-order valence-corrected chi connectivity index (χ1v) is 6.85. The molecule has 0 N–H and O–H groups in total. The Balaban J connectivity index is 1.92. The molecule has 2 aromatic rings. The molecule has 1 heterocycles. The van der Waals surface area contributed by atoms with Gasteiger partial charge in [-0.3, -0.25) is 9.59 Å². The van der Waals surface area contributed by atoms with Gasteiger partial charge in [0.05, 0.1) is 12.1 Å². The molecule has 2 aromatic carbocycles. The number of amides is 2. The first-order valence-electron chi connectivity index (χ1n) is 6.85. The lowest BCUT2D eigenvalue weighted by Crippen LogP contribution is -2.28. The van der Waals surface area contributed by atoms with Crippen LogP contribution in [0.5, 0.6) is 0 Å². The number of nitrogens with zero attached hydrogens (tertiary/aromatic N) is 1. The summed E-state index contributed by atoms with van der Waals surface area (Å²) < 4.78 is 0. The van der Waals surface area contributed by atoms with Gasteiger partial charge in [-0.15, -0.1) is 0 Å². The second-order valence-electron chi connectivity index (χ2n) is 5.13. The molecule has 0 atom stereocenters. The molecule has 0 bridgehead atoms. The standard InChI is InChI=1S/C18H15NO2/c1-13-7-9-16(10-8-13)19-17(20)12-15(18(19)21)11-14-5-3-2-4-6-14/h2-11H,12H2,1H3/b15-11-. The van der Waals surface area contributed by atoms with Crippen molar-refractivity contribution in [2.24, 2.45) is 0 Å². The van der Waals surface area contributed by atoms with E-state index in [4.69, 9.17) is 0 Å². The van der Waals surface area contributed by atoms with E-state index in [9.17, 15) is 9.59 Å². The van der Waals surface area contributed by atoms with Crippen molar-refractivity contribution in [3.8, 4) is 0 Å². The molecule has 1 fully saturated rings. The van der Waals surface area contributed by atoms with E-state index in [-0.39, 0.29) is 18.2 Å². The van der Waals surface area contributed by atoms with E-state index in [1.165, 1.54) is 4.90 Å². The van der Waals surface area contributed by atoms with E-state index >= 15 is 0 Å². The van der Waals surface area contributed by atoms with Crippen molar-refractivity contribution in [1.29, 1.82) is 0 Å². The summed E-state index contributed by atoms with van der Waals surface area (Å²) in [6, 6.07) is 17.0. The molecule has 3 nitrogen and oxygen atoms in total. The molecule has 1 saturated heterocycles. The van der Waals surface area contributed by atoms with Crippen LogP contribution in [0.2, 0.25) is 0 Å². The number of carbonyl (C=O) groups is 2. The number of rotatable bonds is 2. The van der Waals surface area contributed by atoms with Crippen molar-refractivity contribution in [2.45, 2.75) is 13.3 Å². The molecule has 0 aliphatic carbocycles. The minimum absolute atomic E-state index is 0.154. The number of hydrogen-bond donors (Lipinski definition) is 0. The predicted octanol–water partition coefficient (Wildman–Crippen LogP) is 3.34. The lowest BCUT2D eigenvalue weighted by atomic mass is 10.1. The van der Waals surface area contributed by atoms with Crippen molar-refractivity contribution in [1.82, 2.24) is 0 Å². The van der Waals surface area contributed by atoms with Gasteiger partial charge >= 0.3 is 0 Å². The van der Waals surface area contributed by atoms with Crippen LogP contribution in [0.15, 0.2) is 60.2 Å². The van der Waals surface area contributed by atoms with Crippen LogP contribution in [-0.4, -0.2) is 11.8 Å². The van der Waals surface area contributed by atoms with Gasteiger partial charge in [-0.05, 0) is 30.7 Å². The van der Waals surface area contributed by atoms with Crippen LogP contribution >= 0.6 is 0 Å². The van der Waals surface area contributed by atoms with Gasteiger partial charge in [-0.25, -0.2) is 4.90 Å². The van der Waals surface area contributed by atoms with Crippen molar-refractivity contribution in [2.75, 3.05) is 4.90 Å². The molecule has 3 rings (SSSR count). The van der Waals surface area contributed by atoms with Gasteiger partial charge in [-0.2, -0.15) is 0 Å². The fourth-order valence-corrected chi connectivity index (χ4v) is 2.39. The first kappa shape index (κ1) is 13.3. The minimum atomic E-state index is -0.229. The van der Waals surface area contributed by atoms with Crippen molar-refractivity contribution in [3.63, 3.8) is 0 Å². The number of benzene rings is 2. The quantitative estimate of drug-likeness (QED) is 0.623. The minimum Gasteiger partial charge on any atom is -0.274 e. The van der Waals surface area contributed by atoms with Gasteiger partial charge in [0.25, 0.3) is 5.91 Å². The second-order valence-corrected chi connectivity index (χ2v) is 5.13. The normalized spacial score (nSPS) is 16.8. The Morgan fingerprint density at radius 2 is 1.62 bits per heavy atom. The number of hydrogen-bond acceptors (Lipinski definition) is 2. The largest absolute Gasteiger partial charge is 0.274 e. The van der Waals surface area contributed by atoms with Gasteiger partial charge in [0.15, 0.2) is 0 Å². The average molecular weight is 277 g/mol. The first-order chi connectivity index (χ1) is 10.1. The Bertz CT molecular complexity index is 715. The molecule has 2 amide bonds. The molecule has 104 valence electrons. The molecule has 0 spiro atoms. The second kappa shape index (κ2) is 5.37. The van der Waals surface area contributed by atoms with Crippen LogP contribution in [0.1, 0.15) is 17.5 Å². The van der Waals surface area contributed by atoms with Crippen molar-refractivity contribution < 1.29 is 9.59 Å². The lowest BCUT2D eigenvalue weighted by Gasteiger charge is -2.13. The van der Waals surface area contributed by atoms with Gasteiger partial charge in [0.2, 0.25) is 5.91 Å². The molecule has 21 heavy (non-hydrogen) atoms. The van der Waals surface area contributed by atoms with Crippen LogP contribution < -0.4 is 4.90 Å². The fraction of sp³-hybridized carbons (Fsp3) is 0.111. The SMILES string of the molecule is Cc1ccc(N2C(=O)C/C(=C/c3ccccc3)C2=O)cc1.